The Hall–Kier alpha value is -0.300. The van der Waals surface area contributed by atoms with E-state index in [0.29, 0.717) is 16.7 Å². The standard InChI is InChI=1S/C20H32O/c1-13-7-8-15-14-12-18(21)17-6-4-5-10-20(17,3)16(14)9-11-19(13,15)2/h7,14-18,21H,4-6,8-12H2,1-3H3. The zero-order valence-electron chi connectivity index (χ0n) is 14.1. The minimum absolute atomic E-state index is 0.0280. The second-order valence-corrected chi connectivity index (χ2v) is 9.12. The van der Waals surface area contributed by atoms with Gasteiger partial charge in [-0.2, -0.15) is 0 Å². The molecule has 0 amide bonds. The molecule has 0 aromatic rings. The van der Waals surface area contributed by atoms with E-state index in [1.807, 2.05) is 0 Å². The summed E-state index contributed by atoms with van der Waals surface area (Å²) in [6.07, 6.45) is 13.0. The minimum atomic E-state index is -0.0280. The quantitative estimate of drug-likeness (QED) is 0.626. The first-order valence-corrected chi connectivity index (χ1v) is 9.32. The van der Waals surface area contributed by atoms with E-state index in [-0.39, 0.29) is 6.10 Å². The fraction of sp³-hybridized carbons (Fsp3) is 0.900. The minimum Gasteiger partial charge on any atom is -0.393 e. The first kappa shape index (κ1) is 14.3. The molecule has 1 N–H and O–H groups in total. The highest BCUT2D eigenvalue weighted by Crippen LogP contribution is 2.66. The van der Waals surface area contributed by atoms with Gasteiger partial charge in [0.15, 0.2) is 0 Å². The molecule has 4 aliphatic carbocycles. The van der Waals surface area contributed by atoms with Gasteiger partial charge in [0, 0.05) is 0 Å². The molecule has 7 atom stereocenters. The van der Waals surface area contributed by atoms with Crippen molar-refractivity contribution in [2.45, 2.75) is 78.2 Å². The van der Waals surface area contributed by atoms with E-state index in [1.54, 1.807) is 5.57 Å². The lowest BCUT2D eigenvalue weighted by atomic mass is 9.44. The van der Waals surface area contributed by atoms with Crippen LogP contribution in [0.25, 0.3) is 0 Å². The van der Waals surface area contributed by atoms with Crippen molar-refractivity contribution in [1.82, 2.24) is 0 Å². The van der Waals surface area contributed by atoms with Crippen molar-refractivity contribution in [3.63, 3.8) is 0 Å². The largest absolute Gasteiger partial charge is 0.393 e. The van der Waals surface area contributed by atoms with Gasteiger partial charge in [-0.25, -0.2) is 0 Å². The van der Waals surface area contributed by atoms with Crippen LogP contribution in [-0.2, 0) is 0 Å². The van der Waals surface area contributed by atoms with Crippen LogP contribution in [0.5, 0.6) is 0 Å². The fourth-order valence-electron chi connectivity index (χ4n) is 7.14. The Morgan fingerprint density at radius 2 is 1.86 bits per heavy atom. The molecule has 0 bridgehead atoms. The summed E-state index contributed by atoms with van der Waals surface area (Å²) in [6, 6.07) is 0. The van der Waals surface area contributed by atoms with Crippen molar-refractivity contribution in [2.75, 3.05) is 0 Å². The Bertz CT molecular complexity index is 466. The summed E-state index contributed by atoms with van der Waals surface area (Å²) in [5, 5.41) is 10.9. The molecule has 0 heterocycles. The van der Waals surface area contributed by atoms with Gasteiger partial charge >= 0.3 is 0 Å². The second kappa shape index (κ2) is 4.60. The molecule has 3 fully saturated rings. The Morgan fingerprint density at radius 3 is 2.67 bits per heavy atom. The molecule has 0 radical (unpaired) electrons. The van der Waals surface area contributed by atoms with Gasteiger partial charge in [0.05, 0.1) is 6.10 Å². The fourth-order valence-corrected chi connectivity index (χ4v) is 7.14. The van der Waals surface area contributed by atoms with Crippen LogP contribution in [0, 0.1) is 34.5 Å². The maximum Gasteiger partial charge on any atom is 0.0576 e. The van der Waals surface area contributed by atoms with Crippen molar-refractivity contribution in [3.05, 3.63) is 11.6 Å². The van der Waals surface area contributed by atoms with Gasteiger partial charge in [-0.05, 0) is 80.0 Å². The van der Waals surface area contributed by atoms with Gasteiger partial charge in [-0.1, -0.05) is 38.3 Å². The number of hydrogen-bond donors (Lipinski definition) is 1. The van der Waals surface area contributed by atoms with Crippen LogP contribution < -0.4 is 0 Å². The molecule has 21 heavy (non-hydrogen) atoms. The summed E-state index contributed by atoms with van der Waals surface area (Å²) < 4.78 is 0. The monoisotopic (exact) mass is 288 g/mol. The van der Waals surface area contributed by atoms with Crippen molar-refractivity contribution in [1.29, 1.82) is 0 Å². The summed E-state index contributed by atoms with van der Waals surface area (Å²) in [6.45, 7) is 7.40. The molecule has 0 spiro atoms. The molecule has 3 saturated carbocycles. The van der Waals surface area contributed by atoms with Gasteiger partial charge in [0.2, 0.25) is 0 Å². The van der Waals surface area contributed by atoms with Gasteiger partial charge in [-0.3, -0.25) is 0 Å². The van der Waals surface area contributed by atoms with E-state index in [9.17, 15) is 5.11 Å². The van der Waals surface area contributed by atoms with E-state index in [1.165, 1.54) is 44.9 Å². The highest BCUT2D eigenvalue weighted by atomic mass is 16.3. The SMILES string of the molecule is CC1=CCC2C3CC(O)C4CCCCC4(C)C3CCC12C. The highest BCUT2D eigenvalue weighted by molar-refractivity contribution is 5.24. The van der Waals surface area contributed by atoms with Crippen LogP contribution in [0.4, 0.5) is 0 Å². The number of aliphatic hydroxyl groups is 1. The molecule has 0 aromatic carbocycles. The topological polar surface area (TPSA) is 20.2 Å². The third-order valence-corrected chi connectivity index (χ3v) is 8.56. The van der Waals surface area contributed by atoms with E-state index in [0.717, 1.165) is 24.2 Å². The van der Waals surface area contributed by atoms with Crippen molar-refractivity contribution < 1.29 is 5.11 Å². The first-order chi connectivity index (χ1) is 9.97. The number of aliphatic hydroxyl groups excluding tert-OH is 1. The molecule has 1 heteroatoms. The molecular formula is C20H32O. The zero-order valence-corrected chi connectivity index (χ0v) is 14.1. The van der Waals surface area contributed by atoms with Crippen LogP contribution in [0.1, 0.15) is 72.1 Å². The molecule has 118 valence electrons. The summed E-state index contributed by atoms with van der Waals surface area (Å²) in [7, 11) is 0. The lowest BCUT2D eigenvalue weighted by Crippen LogP contribution is -2.56. The molecule has 4 aliphatic rings. The third kappa shape index (κ3) is 1.79. The molecule has 1 nitrogen and oxygen atoms in total. The zero-order chi connectivity index (χ0) is 14.8. The molecule has 4 rings (SSSR count). The normalized spacial score (nSPS) is 56.2. The average Bonchev–Trinajstić information content (AvgIpc) is 2.75. The lowest BCUT2D eigenvalue weighted by Gasteiger charge is -2.61. The molecule has 0 saturated heterocycles. The van der Waals surface area contributed by atoms with E-state index >= 15 is 0 Å². The van der Waals surface area contributed by atoms with Crippen LogP contribution in [-0.4, -0.2) is 11.2 Å². The maximum absolute atomic E-state index is 10.9. The van der Waals surface area contributed by atoms with Gasteiger partial charge < -0.3 is 5.11 Å². The number of hydrogen-bond acceptors (Lipinski definition) is 1. The predicted molar refractivity (Wildman–Crippen MR) is 86.9 cm³/mol. The van der Waals surface area contributed by atoms with Crippen molar-refractivity contribution >= 4 is 0 Å². The van der Waals surface area contributed by atoms with Crippen molar-refractivity contribution in [3.8, 4) is 0 Å². The van der Waals surface area contributed by atoms with E-state index in [4.69, 9.17) is 0 Å². The van der Waals surface area contributed by atoms with Crippen LogP contribution in [0.3, 0.4) is 0 Å². The average molecular weight is 288 g/mol. The van der Waals surface area contributed by atoms with Crippen LogP contribution in [0.15, 0.2) is 11.6 Å². The smallest absolute Gasteiger partial charge is 0.0576 e. The Balaban J connectivity index is 1.69. The van der Waals surface area contributed by atoms with Gasteiger partial charge in [-0.15, -0.1) is 0 Å². The molecule has 0 aliphatic heterocycles. The molecule has 0 aromatic heterocycles. The highest BCUT2D eigenvalue weighted by Gasteiger charge is 2.59. The Labute approximate surface area is 130 Å². The third-order valence-electron chi connectivity index (χ3n) is 8.56. The second-order valence-electron chi connectivity index (χ2n) is 9.12. The summed E-state index contributed by atoms with van der Waals surface area (Å²) in [5.74, 6) is 3.05. The Kier molecular flexibility index (Phi) is 3.13. The first-order valence-electron chi connectivity index (χ1n) is 9.32. The lowest BCUT2D eigenvalue weighted by molar-refractivity contribution is -0.150. The maximum atomic E-state index is 10.9. The van der Waals surface area contributed by atoms with Gasteiger partial charge in [0.25, 0.3) is 0 Å². The number of rotatable bonds is 0. The van der Waals surface area contributed by atoms with Crippen molar-refractivity contribution in [2.24, 2.45) is 34.5 Å². The number of allylic oxidation sites excluding steroid dienone is 2. The summed E-state index contributed by atoms with van der Waals surface area (Å²) >= 11 is 0. The molecular weight excluding hydrogens is 256 g/mol. The Morgan fingerprint density at radius 1 is 1.05 bits per heavy atom. The molecule has 7 unspecified atom stereocenters. The summed E-state index contributed by atoms with van der Waals surface area (Å²) in [4.78, 5) is 0. The number of fused-ring (bicyclic) bond motifs is 5. The summed E-state index contributed by atoms with van der Waals surface area (Å²) in [5.41, 5.74) is 2.51. The predicted octanol–water partition coefficient (Wildman–Crippen LogP) is 4.95. The van der Waals surface area contributed by atoms with E-state index in [2.05, 4.69) is 26.8 Å². The van der Waals surface area contributed by atoms with Gasteiger partial charge in [0.1, 0.15) is 0 Å². The van der Waals surface area contributed by atoms with Crippen LogP contribution >= 0.6 is 0 Å². The van der Waals surface area contributed by atoms with Crippen LogP contribution in [0.2, 0.25) is 0 Å². The van der Waals surface area contributed by atoms with E-state index < -0.39 is 0 Å².